The Balaban J connectivity index is 1.77. The molecule has 1 aliphatic heterocycles. The third-order valence-corrected chi connectivity index (χ3v) is 4.85. The molecule has 1 atom stereocenters. The molecule has 2 aromatic rings. The Labute approximate surface area is 179 Å². The zero-order chi connectivity index (χ0) is 22.6. The van der Waals surface area contributed by atoms with E-state index in [2.05, 4.69) is 20.3 Å². The van der Waals surface area contributed by atoms with Gasteiger partial charge in [-0.1, -0.05) is 12.1 Å². The number of benzene rings is 1. The second-order valence-electron chi connectivity index (χ2n) is 7.19. The van der Waals surface area contributed by atoms with Gasteiger partial charge in [-0.05, 0) is 24.6 Å². The molecule has 11 heteroatoms. The van der Waals surface area contributed by atoms with Crippen LogP contribution in [0.3, 0.4) is 0 Å². The summed E-state index contributed by atoms with van der Waals surface area (Å²) in [7, 11) is 3.13. The molecule has 5 N–H and O–H groups in total. The fourth-order valence-corrected chi connectivity index (χ4v) is 3.06. The molecule has 0 radical (unpaired) electrons. The molecule has 164 valence electrons. The van der Waals surface area contributed by atoms with Gasteiger partial charge in [-0.3, -0.25) is 14.5 Å². The molecule has 11 nitrogen and oxygen atoms in total. The zero-order valence-corrected chi connectivity index (χ0v) is 17.6. The first-order valence-electron chi connectivity index (χ1n) is 9.51. The normalized spacial score (nSPS) is 18.5. The summed E-state index contributed by atoms with van der Waals surface area (Å²) in [6.45, 7) is 2.49. The minimum atomic E-state index is -0.839. The molecule has 31 heavy (non-hydrogen) atoms. The van der Waals surface area contributed by atoms with Crippen LogP contribution in [0.25, 0.3) is 0 Å². The van der Waals surface area contributed by atoms with E-state index in [4.69, 9.17) is 20.9 Å². The summed E-state index contributed by atoms with van der Waals surface area (Å²) >= 11 is 0. The molecular weight excluding hydrogens is 402 g/mol. The second kappa shape index (κ2) is 8.96. The number of aliphatic imine (C=N–C) groups is 1. The van der Waals surface area contributed by atoms with E-state index in [9.17, 15) is 9.59 Å². The molecule has 1 aliphatic rings. The first kappa shape index (κ1) is 22.0. The van der Waals surface area contributed by atoms with Gasteiger partial charge in [0.1, 0.15) is 6.61 Å². The van der Waals surface area contributed by atoms with E-state index < -0.39 is 11.4 Å². The third-order valence-electron chi connectivity index (χ3n) is 4.85. The number of hydrogen-bond acceptors (Lipinski definition) is 9. The Kier molecular flexibility index (Phi) is 6.35. The lowest BCUT2D eigenvalue weighted by molar-refractivity contribution is -0.128. The van der Waals surface area contributed by atoms with Gasteiger partial charge in [0, 0.05) is 19.8 Å². The van der Waals surface area contributed by atoms with E-state index in [0.29, 0.717) is 12.3 Å². The summed E-state index contributed by atoms with van der Waals surface area (Å²) < 4.78 is 10.2. The van der Waals surface area contributed by atoms with E-state index in [1.165, 1.54) is 11.1 Å². The van der Waals surface area contributed by atoms with Crippen molar-refractivity contribution in [2.24, 2.45) is 10.7 Å². The molecule has 0 aliphatic carbocycles. The summed E-state index contributed by atoms with van der Waals surface area (Å²) in [6.07, 6.45) is 1.48. The Morgan fingerprint density at radius 3 is 2.77 bits per heavy atom. The lowest BCUT2D eigenvalue weighted by atomic mass is 9.87. The predicted molar refractivity (Wildman–Crippen MR) is 115 cm³/mol. The summed E-state index contributed by atoms with van der Waals surface area (Å²) in [5, 5.41) is 2.74. The highest BCUT2D eigenvalue weighted by Crippen LogP contribution is 2.34. The van der Waals surface area contributed by atoms with Crippen molar-refractivity contribution >= 4 is 29.3 Å². The molecular formula is C20H25N7O4. The Hall–Kier alpha value is -3.73. The summed E-state index contributed by atoms with van der Waals surface area (Å²) in [4.78, 5) is 38.8. The van der Waals surface area contributed by atoms with Crippen molar-refractivity contribution < 1.29 is 19.1 Å². The van der Waals surface area contributed by atoms with Crippen molar-refractivity contribution in [2.45, 2.75) is 18.9 Å². The highest BCUT2D eigenvalue weighted by atomic mass is 16.5. The van der Waals surface area contributed by atoms with Crippen LogP contribution in [-0.2, 0) is 15.1 Å². The SMILES string of the molecule is COCCOc1cnc(C(=O)Nc2cccc(C3(C)CC(=O)N(C)C(N)=N3)c2)c(N)n1. The number of aromatic nitrogens is 2. The van der Waals surface area contributed by atoms with Crippen molar-refractivity contribution in [1.29, 1.82) is 0 Å². The maximum atomic E-state index is 12.7. The lowest BCUT2D eigenvalue weighted by Crippen LogP contribution is -2.47. The van der Waals surface area contributed by atoms with Crippen molar-refractivity contribution in [3.63, 3.8) is 0 Å². The van der Waals surface area contributed by atoms with Crippen LogP contribution in [0.4, 0.5) is 11.5 Å². The van der Waals surface area contributed by atoms with Gasteiger partial charge >= 0.3 is 0 Å². The number of carbonyl (C=O) groups is 2. The summed E-state index contributed by atoms with van der Waals surface area (Å²) in [6, 6.07) is 7.03. The van der Waals surface area contributed by atoms with Crippen LogP contribution in [0.2, 0.25) is 0 Å². The van der Waals surface area contributed by atoms with E-state index in [-0.39, 0.29) is 42.3 Å². The van der Waals surface area contributed by atoms with Gasteiger partial charge in [-0.2, -0.15) is 4.98 Å². The van der Waals surface area contributed by atoms with Gasteiger partial charge in [-0.15, -0.1) is 0 Å². The second-order valence-corrected chi connectivity index (χ2v) is 7.19. The van der Waals surface area contributed by atoms with Crippen molar-refractivity contribution in [2.75, 3.05) is 38.4 Å². The molecule has 1 aromatic heterocycles. The summed E-state index contributed by atoms with van der Waals surface area (Å²) in [5.41, 5.74) is 12.1. The van der Waals surface area contributed by atoms with Gasteiger partial charge < -0.3 is 26.3 Å². The van der Waals surface area contributed by atoms with E-state index in [1.54, 1.807) is 32.4 Å². The Morgan fingerprint density at radius 2 is 2.10 bits per heavy atom. The number of hydrogen-bond donors (Lipinski definition) is 3. The van der Waals surface area contributed by atoms with Crippen LogP contribution < -0.4 is 21.5 Å². The van der Waals surface area contributed by atoms with Crippen molar-refractivity contribution in [3.05, 3.63) is 41.7 Å². The zero-order valence-electron chi connectivity index (χ0n) is 17.6. The molecule has 2 heterocycles. The topological polar surface area (TPSA) is 158 Å². The number of nitrogen functional groups attached to an aromatic ring is 1. The Morgan fingerprint density at radius 1 is 1.32 bits per heavy atom. The molecule has 0 spiro atoms. The van der Waals surface area contributed by atoms with Crippen LogP contribution in [0.15, 0.2) is 35.5 Å². The van der Waals surface area contributed by atoms with E-state index >= 15 is 0 Å². The number of nitrogens with zero attached hydrogens (tertiary/aromatic N) is 4. The van der Waals surface area contributed by atoms with Crippen LogP contribution in [0.5, 0.6) is 5.88 Å². The van der Waals surface area contributed by atoms with Gasteiger partial charge in [-0.25, -0.2) is 9.98 Å². The average Bonchev–Trinajstić information content (AvgIpc) is 2.72. The fourth-order valence-electron chi connectivity index (χ4n) is 3.06. The lowest BCUT2D eigenvalue weighted by Gasteiger charge is -2.33. The number of nitrogens with one attached hydrogen (secondary N) is 1. The number of anilines is 2. The monoisotopic (exact) mass is 427 g/mol. The quantitative estimate of drug-likeness (QED) is 0.546. The average molecular weight is 427 g/mol. The third kappa shape index (κ3) is 4.89. The number of nitrogens with two attached hydrogens (primary N) is 2. The number of guanidine groups is 1. The summed E-state index contributed by atoms with van der Waals surface area (Å²) in [5.74, 6) is -0.389. The van der Waals surface area contributed by atoms with Gasteiger partial charge in [0.05, 0.1) is 24.8 Å². The molecule has 3 rings (SSSR count). The van der Waals surface area contributed by atoms with E-state index in [1.807, 2.05) is 13.0 Å². The first-order valence-corrected chi connectivity index (χ1v) is 9.51. The van der Waals surface area contributed by atoms with Crippen LogP contribution in [0, 0.1) is 0 Å². The molecule has 1 aromatic carbocycles. The van der Waals surface area contributed by atoms with Crippen LogP contribution in [0.1, 0.15) is 29.4 Å². The van der Waals surface area contributed by atoms with Crippen LogP contribution >= 0.6 is 0 Å². The smallest absolute Gasteiger partial charge is 0.278 e. The molecule has 0 saturated carbocycles. The number of rotatable bonds is 7. The molecule has 2 amide bonds. The molecule has 1 unspecified atom stereocenters. The van der Waals surface area contributed by atoms with Crippen molar-refractivity contribution in [3.8, 4) is 5.88 Å². The predicted octanol–water partition coefficient (Wildman–Crippen LogP) is 0.728. The molecule has 0 saturated heterocycles. The molecule has 0 bridgehead atoms. The van der Waals surface area contributed by atoms with Gasteiger partial charge in [0.25, 0.3) is 5.91 Å². The fraction of sp³-hybridized carbons (Fsp3) is 0.350. The Bertz CT molecular complexity index is 1030. The number of methoxy groups -OCH3 is 1. The highest BCUT2D eigenvalue weighted by Gasteiger charge is 2.36. The number of carbonyl (C=O) groups excluding carboxylic acids is 2. The maximum absolute atomic E-state index is 12.7. The first-order chi connectivity index (χ1) is 14.7. The van der Waals surface area contributed by atoms with Gasteiger partial charge in [0.2, 0.25) is 11.8 Å². The maximum Gasteiger partial charge on any atom is 0.278 e. The van der Waals surface area contributed by atoms with E-state index in [0.717, 1.165) is 5.56 Å². The number of amides is 2. The minimum absolute atomic E-state index is 0.0348. The number of ether oxygens (including phenoxy) is 2. The van der Waals surface area contributed by atoms with Crippen LogP contribution in [-0.4, -0.2) is 60.0 Å². The highest BCUT2D eigenvalue weighted by molar-refractivity contribution is 6.05. The largest absolute Gasteiger partial charge is 0.474 e. The van der Waals surface area contributed by atoms with Crippen molar-refractivity contribution in [1.82, 2.24) is 14.9 Å². The van der Waals surface area contributed by atoms with Gasteiger partial charge in [0.15, 0.2) is 17.5 Å². The minimum Gasteiger partial charge on any atom is -0.474 e. The molecule has 0 fully saturated rings. The standard InChI is InChI=1S/C20H25N7O4/c1-20(10-15(28)27(2)19(22)26-20)12-5-4-6-13(9-12)24-18(29)16-17(21)25-14(11-23-16)31-8-7-30-3/h4-6,9,11H,7-8,10H2,1-3H3,(H2,21,25)(H2,22,26)(H,24,29).